The maximum absolute atomic E-state index is 5.67. The maximum atomic E-state index is 5.67. The summed E-state index contributed by atoms with van der Waals surface area (Å²) < 4.78 is 5.67. The minimum Gasteiger partial charge on any atom is -0.369 e. The van der Waals surface area contributed by atoms with Crippen LogP contribution in [0.3, 0.4) is 0 Å². The highest BCUT2D eigenvalue weighted by atomic mass is 16.6. The Bertz CT molecular complexity index is 699. The van der Waals surface area contributed by atoms with E-state index in [4.69, 9.17) is 4.74 Å². The number of rotatable bonds is 4. The molecule has 0 bridgehead atoms. The van der Waals surface area contributed by atoms with E-state index in [9.17, 15) is 0 Å². The van der Waals surface area contributed by atoms with Gasteiger partial charge < -0.3 is 4.74 Å². The van der Waals surface area contributed by atoms with Crippen LogP contribution in [0.15, 0.2) is 23.8 Å². The van der Waals surface area contributed by atoms with Crippen molar-refractivity contribution in [3.8, 4) is 0 Å². The van der Waals surface area contributed by atoms with Crippen LogP contribution in [0.25, 0.3) is 0 Å². The van der Waals surface area contributed by atoms with Gasteiger partial charge in [0.05, 0.1) is 12.2 Å². The number of ether oxygens (including phenoxy) is 1. The minimum absolute atomic E-state index is 0.120. The molecule has 1 heteroatoms. The first-order valence-corrected chi connectivity index (χ1v) is 12.8. The lowest BCUT2D eigenvalue weighted by Gasteiger charge is -2.57. The third kappa shape index (κ3) is 3.12. The summed E-state index contributed by atoms with van der Waals surface area (Å²) in [4.78, 5) is 0. The number of hydrogen-bond donors (Lipinski definition) is 0. The molecule has 4 fully saturated rings. The lowest BCUT2D eigenvalue weighted by atomic mass is 9.48. The summed E-state index contributed by atoms with van der Waals surface area (Å²) in [5, 5.41) is 0. The summed E-state index contributed by atoms with van der Waals surface area (Å²) in [5.41, 5.74) is 3.18. The molecule has 5 rings (SSSR count). The summed E-state index contributed by atoms with van der Waals surface area (Å²) in [6.45, 7) is 13.4. The fourth-order valence-electron chi connectivity index (χ4n) is 8.51. The smallest absolute Gasteiger partial charge is 0.0948 e. The third-order valence-electron chi connectivity index (χ3n) is 11.0. The molecule has 162 valence electrons. The Labute approximate surface area is 179 Å². The van der Waals surface area contributed by atoms with Crippen molar-refractivity contribution in [1.29, 1.82) is 0 Å². The summed E-state index contributed by atoms with van der Waals surface area (Å²) in [5.74, 6) is 4.81. The minimum atomic E-state index is 0.120. The van der Waals surface area contributed by atoms with Crippen LogP contribution in [-0.4, -0.2) is 12.2 Å². The predicted molar refractivity (Wildman–Crippen MR) is 122 cm³/mol. The van der Waals surface area contributed by atoms with E-state index in [1.54, 1.807) is 0 Å². The lowest BCUT2D eigenvalue weighted by Crippen LogP contribution is -2.48. The molecule has 0 N–H and O–H groups in total. The van der Waals surface area contributed by atoms with Crippen molar-refractivity contribution >= 4 is 0 Å². The highest BCUT2D eigenvalue weighted by Crippen LogP contribution is 2.66. The van der Waals surface area contributed by atoms with Crippen LogP contribution < -0.4 is 0 Å². The molecular formula is C28H44O. The zero-order chi connectivity index (χ0) is 20.4. The average Bonchev–Trinajstić information content (AvgIpc) is 3.35. The molecule has 1 aliphatic heterocycles. The zero-order valence-corrected chi connectivity index (χ0v) is 19.7. The second-order valence-corrected chi connectivity index (χ2v) is 12.4. The molecule has 2 unspecified atom stereocenters. The Morgan fingerprint density at radius 2 is 1.69 bits per heavy atom. The van der Waals surface area contributed by atoms with Gasteiger partial charge in [-0.3, -0.25) is 0 Å². The highest BCUT2D eigenvalue weighted by Gasteiger charge is 2.57. The van der Waals surface area contributed by atoms with Crippen molar-refractivity contribution in [3.63, 3.8) is 0 Å². The molecule has 1 nitrogen and oxygen atoms in total. The van der Waals surface area contributed by atoms with E-state index in [1.807, 2.05) is 5.57 Å². The van der Waals surface area contributed by atoms with Gasteiger partial charge in [-0.05, 0) is 92.3 Å². The normalized spacial score (nSPS) is 51.0. The van der Waals surface area contributed by atoms with Gasteiger partial charge in [0.15, 0.2) is 0 Å². The average molecular weight is 397 g/mol. The van der Waals surface area contributed by atoms with Crippen molar-refractivity contribution < 1.29 is 4.74 Å². The van der Waals surface area contributed by atoms with Crippen LogP contribution in [0.4, 0.5) is 0 Å². The lowest BCUT2D eigenvalue weighted by molar-refractivity contribution is -0.00481. The molecule has 3 saturated carbocycles. The van der Waals surface area contributed by atoms with E-state index in [-0.39, 0.29) is 5.60 Å². The Morgan fingerprint density at radius 1 is 0.931 bits per heavy atom. The summed E-state index contributed by atoms with van der Waals surface area (Å²) in [6, 6.07) is 0. The van der Waals surface area contributed by atoms with Crippen LogP contribution >= 0.6 is 0 Å². The Hall–Kier alpha value is -0.560. The molecule has 9 atom stereocenters. The van der Waals surface area contributed by atoms with E-state index in [1.165, 1.54) is 57.8 Å². The standard InChI is InChI=1S/C28H44O/c1-19(9-10-20(2)28(5)18-29-28)23-13-14-24-22-12-11-21-8-6-7-16-26(21,3)25(22)15-17-27(23,24)4/h9-10,12,19-21,23-25H,6-8,11,13-18H2,1-5H3/b10-9-/t19-,20-,21?,23-,24+,25+,26+,27-,28?/m1/s1. The molecule has 1 heterocycles. The van der Waals surface area contributed by atoms with Gasteiger partial charge in [-0.1, -0.05) is 64.3 Å². The topological polar surface area (TPSA) is 12.5 Å². The molecular weight excluding hydrogens is 352 g/mol. The number of hydrogen-bond acceptors (Lipinski definition) is 1. The van der Waals surface area contributed by atoms with Crippen molar-refractivity contribution in [3.05, 3.63) is 23.8 Å². The van der Waals surface area contributed by atoms with Crippen molar-refractivity contribution in [1.82, 2.24) is 0 Å². The molecule has 0 aromatic rings. The Balaban J connectivity index is 1.35. The quantitative estimate of drug-likeness (QED) is 0.352. The third-order valence-corrected chi connectivity index (χ3v) is 11.0. The van der Waals surface area contributed by atoms with Crippen LogP contribution in [0.2, 0.25) is 0 Å². The molecule has 0 radical (unpaired) electrons. The molecule has 0 spiro atoms. The van der Waals surface area contributed by atoms with E-state index >= 15 is 0 Å². The fourth-order valence-corrected chi connectivity index (χ4v) is 8.51. The first kappa shape index (κ1) is 20.3. The molecule has 0 aromatic heterocycles. The van der Waals surface area contributed by atoms with Gasteiger partial charge in [0.2, 0.25) is 0 Å². The van der Waals surface area contributed by atoms with E-state index in [2.05, 4.69) is 52.8 Å². The van der Waals surface area contributed by atoms with Crippen LogP contribution in [0.1, 0.15) is 92.4 Å². The van der Waals surface area contributed by atoms with E-state index < -0.39 is 0 Å². The van der Waals surface area contributed by atoms with E-state index in [0.717, 1.165) is 30.3 Å². The van der Waals surface area contributed by atoms with Gasteiger partial charge in [0, 0.05) is 5.92 Å². The molecule has 5 aliphatic rings. The Kier molecular flexibility index (Phi) is 4.89. The second kappa shape index (κ2) is 6.98. The van der Waals surface area contributed by atoms with Gasteiger partial charge in [-0.15, -0.1) is 0 Å². The fraction of sp³-hybridized carbons (Fsp3) is 0.857. The predicted octanol–water partition coefficient (Wildman–Crippen LogP) is 7.57. The number of allylic oxidation sites excluding steroid dienone is 3. The monoisotopic (exact) mass is 396 g/mol. The first-order valence-electron chi connectivity index (χ1n) is 12.8. The molecule has 4 aliphatic carbocycles. The molecule has 0 aromatic carbocycles. The SMILES string of the molecule is C[C@H](/C=C\[C@@H](C)C1(C)CO1)[C@H]1CC[C@H]2C3=CCC4CCCC[C@]4(C)[C@H]3CC[C@]12C. The van der Waals surface area contributed by atoms with Crippen LogP contribution in [0, 0.1) is 46.3 Å². The van der Waals surface area contributed by atoms with E-state index in [0.29, 0.717) is 22.7 Å². The van der Waals surface area contributed by atoms with Crippen molar-refractivity contribution in [2.45, 2.75) is 98.0 Å². The highest BCUT2D eigenvalue weighted by molar-refractivity contribution is 5.28. The zero-order valence-electron chi connectivity index (χ0n) is 19.7. The maximum Gasteiger partial charge on any atom is 0.0948 e. The Morgan fingerprint density at radius 3 is 2.45 bits per heavy atom. The van der Waals surface area contributed by atoms with Gasteiger partial charge in [-0.2, -0.15) is 0 Å². The number of epoxide rings is 1. The summed E-state index contributed by atoms with van der Waals surface area (Å²) >= 11 is 0. The van der Waals surface area contributed by atoms with Gasteiger partial charge in [0.1, 0.15) is 0 Å². The van der Waals surface area contributed by atoms with Gasteiger partial charge >= 0.3 is 0 Å². The first-order chi connectivity index (χ1) is 13.8. The largest absolute Gasteiger partial charge is 0.369 e. The van der Waals surface area contributed by atoms with Gasteiger partial charge in [-0.25, -0.2) is 0 Å². The number of fused-ring (bicyclic) bond motifs is 5. The molecule has 0 amide bonds. The molecule has 29 heavy (non-hydrogen) atoms. The second-order valence-electron chi connectivity index (χ2n) is 12.4. The van der Waals surface area contributed by atoms with Crippen LogP contribution in [-0.2, 0) is 4.74 Å². The summed E-state index contributed by atoms with van der Waals surface area (Å²) in [6.07, 6.45) is 20.9. The van der Waals surface area contributed by atoms with Crippen molar-refractivity contribution in [2.24, 2.45) is 46.3 Å². The van der Waals surface area contributed by atoms with Crippen LogP contribution in [0.5, 0.6) is 0 Å². The van der Waals surface area contributed by atoms with Gasteiger partial charge in [0.25, 0.3) is 0 Å². The molecule has 1 saturated heterocycles. The van der Waals surface area contributed by atoms with Crippen molar-refractivity contribution in [2.75, 3.05) is 6.61 Å². The summed E-state index contributed by atoms with van der Waals surface area (Å²) in [7, 11) is 0.